The Morgan fingerprint density at radius 1 is 1.05 bits per heavy atom. The summed E-state index contributed by atoms with van der Waals surface area (Å²) < 4.78 is 0. The van der Waals surface area contributed by atoms with Gasteiger partial charge in [0.15, 0.2) is 0 Å². The summed E-state index contributed by atoms with van der Waals surface area (Å²) in [6.07, 6.45) is 6.55. The predicted molar refractivity (Wildman–Crippen MR) is 85.6 cm³/mol. The molecule has 2 heterocycles. The number of anilines is 1. The molecule has 0 bridgehead atoms. The standard InChI is InChI=1S/C17H20N4O/c22-17(21-9-5-2-6-10-21)15-12-20-16(13-18-15)19-11-14-7-3-1-4-8-14/h1,3-4,7-8,12-13H,2,5-6,9-11H2,(H,19,20). The van der Waals surface area contributed by atoms with Crippen LogP contribution in [-0.2, 0) is 6.54 Å². The van der Waals surface area contributed by atoms with Crippen molar-refractivity contribution < 1.29 is 4.79 Å². The molecule has 22 heavy (non-hydrogen) atoms. The molecule has 0 unspecified atom stereocenters. The highest BCUT2D eigenvalue weighted by Gasteiger charge is 2.19. The van der Waals surface area contributed by atoms with Crippen LogP contribution >= 0.6 is 0 Å². The Labute approximate surface area is 130 Å². The average Bonchev–Trinajstić information content (AvgIpc) is 2.61. The molecule has 114 valence electrons. The maximum atomic E-state index is 12.3. The van der Waals surface area contributed by atoms with Crippen molar-refractivity contribution in [3.8, 4) is 0 Å². The zero-order valence-electron chi connectivity index (χ0n) is 12.5. The number of nitrogens with zero attached hydrogens (tertiary/aromatic N) is 3. The van der Waals surface area contributed by atoms with Crippen molar-refractivity contribution in [3.63, 3.8) is 0 Å². The van der Waals surface area contributed by atoms with Crippen LogP contribution in [0.2, 0.25) is 0 Å². The van der Waals surface area contributed by atoms with E-state index >= 15 is 0 Å². The largest absolute Gasteiger partial charge is 0.365 e. The SMILES string of the molecule is O=C(c1cnc(NCc2ccccc2)cn1)N1CCCCC1. The van der Waals surface area contributed by atoms with Crippen molar-refractivity contribution in [2.75, 3.05) is 18.4 Å². The van der Waals surface area contributed by atoms with Crippen LogP contribution in [0.5, 0.6) is 0 Å². The zero-order chi connectivity index (χ0) is 15.2. The Balaban J connectivity index is 1.59. The van der Waals surface area contributed by atoms with Crippen molar-refractivity contribution in [1.29, 1.82) is 0 Å². The summed E-state index contributed by atoms with van der Waals surface area (Å²) in [4.78, 5) is 22.7. The van der Waals surface area contributed by atoms with Gasteiger partial charge in [0.1, 0.15) is 11.5 Å². The van der Waals surface area contributed by atoms with Crippen LogP contribution in [0.25, 0.3) is 0 Å². The third-order valence-electron chi connectivity index (χ3n) is 3.83. The Hall–Kier alpha value is -2.43. The van der Waals surface area contributed by atoms with Crippen molar-refractivity contribution in [2.45, 2.75) is 25.8 Å². The number of aromatic nitrogens is 2. The Morgan fingerprint density at radius 3 is 2.50 bits per heavy atom. The van der Waals surface area contributed by atoms with E-state index in [1.165, 1.54) is 12.0 Å². The van der Waals surface area contributed by atoms with Gasteiger partial charge in [-0.05, 0) is 24.8 Å². The van der Waals surface area contributed by atoms with E-state index in [0.717, 1.165) is 25.9 Å². The summed E-state index contributed by atoms with van der Waals surface area (Å²) in [5, 5.41) is 3.21. The van der Waals surface area contributed by atoms with E-state index in [9.17, 15) is 4.79 Å². The van der Waals surface area contributed by atoms with E-state index in [1.54, 1.807) is 12.4 Å². The number of amides is 1. The molecule has 1 saturated heterocycles. The molecular weight excluding hydrogens is 276 g/mol. The number of carbonyl (C=O) groups is 1. The number of hydrogen-bond donors (Lipinski definition) is 1. The van der Waals surface area contributed by atoms with Gasteiger partial charge in [0, 0.05) is 19.6 Å². The van der Waals surface area contributed by atoms with Crippen LogP contribution < -0.4 is 5.32 Å². The molecule has 1 aromatic carbocycles. The molecule has 0 saturated carbocycles. The van der Waals surface area contributed by atoms with Gasteiger partial charge in [-0.3, -0.25) is 4.79 Å². The number of likely N-dealkylation sites (tertiary alicyclic amines) is 1. The first-order chi connectivity index (χ1) is 10.8. The minimum atomic E-state index is -0.0122. The molecule has 1 aliphatic rings. The van der Waals surface area contributed by atoms with Gasteiger partial charge in [-0.1, -0.05) is 30.3 Å². The summed E-state index contributed by atoms with van der Waals surface area (Å²) in [6, 6.07) is 10.1. The highest BCUT2D eigenvalue weighted by atomic mass is 16.2. The molecule has 1 aliphatic heterocycles. The maximum Gasteiger partial charge on any atom is 0.274 e. The minimum absolute atomic E-state index is 0.0122. The van der Waals surface area contributed by atoms with Gasteiger partial charge >= 0.3 is 0 Å². The summed E-state index contributed by atoms with van der Waals surface area (Å²) in [5.41, 5.74) is 1.60. The normalized spacial score (nSPS) is 14.6. The van der Waals surface area contributed by atoms with E-state index in [4.69, 9.17) is 0 Å². The smallest absolute Gasteiger partial charge is 0.274 e. The van der Waals surface area contributed by atoms with Gasteiger partial charge in [0.05, 0.1) is 12.4 Å². The predicted octanol–water partition coefficient (Wildman–Crippen LogP) is 2.71. The molecule has 5 heteroatoms. The monoisotopic (exact) mass is 296 g/mol. The molecule has 1 aromatic heterocycles. The molecule has 0 aliphatic carbocycles. The van der Waals surface area contributed by atoms with Crippen LogP contribution in [0.1, 0.15) is 35.3 Å². The van der Waals surface area contributed by atoms with E-state index in [2.05, 4.69) is 27.4 Å². The first-order valence-electron chi connectivity index (χ1n) is 7.72. The lowest BCUT2D eigenvalue weighted by atomic mass is 10.1. The van der Waals surface area contributed by atoms with Crippen LogP contribution in [0, 0.1) is 0 Å². The molecular formula is C17H20N4O. The number of carbonyl (C=O) groups excluding carboxylic acids is 1. The molecule has 1 fully saturated rings. The first kappa shape index (κ1) is 14.5. The summed E-state index contributed by atoms with van der Waals surface area (Å²) in [6.45, 7) is 2.35. The van der Waals surface area contributed by atoms with Crippen LogP contribution in [-0.4, -0.2) is 33.9 Å². The first-order valence-corrected chi connectivity index (χ1v) is 7.72. The van der Waals surface area contributed by atoms with Gasteiger partial charge < -0.3 is 10.2 Å². The third kappa shape index (κ3) is 3.61. The highest BCUT2D eigenvalue weighted by Crippen LogP contribution is 2.12. The number of benzene rings is 1. The quantitative estimate of drug-likeness (QED) is 0.942. The maximum absolute atomic E-state index is 12.3. The van der Waals surface area contributed by atoms with Gasteiger partial charge in [0.2, 0.25) is 0 Å². The fourth-order valence-corrected chi connectivity index (χ4v) is 2.58. The lowest BCUT2D eigenvalue weighted by Gasteiger charge is -2.26. The number of hydrogen-bond acceptors (Lipinski definition) is 4. The summed E-state index contributed by atoms with van der Waals surface area (Å²) in [5.74, 6) is 0.667. The minimum Gasteiger partial charge on any atom is -0.365 e. The summed E-state index contributed by atoms with van der Waals surface area (Å²) in [7, 11) is 0. The molecule has 3 rings (SSSR count). The Morgan fingerprint density at radius 2 is 1.82 bits per heavy atom. The second-order valence-corrected chi connectivity index (χ2v) is 5.48. The van der Waals surface area contributed by atoms with E-state index < -0.39 is 0 Å². The van der Waals surface area contributed by atoms with Gasteiger partial charge in [-0.2, -0.15) is 0 Å². The van der Waals surface area contributed by atoms with Crippen molar-refractivity contribution in [1.82, 2.24) is 14.9 Å². The van der Waals surface area contributed by atoms with Gasteiger partial charge in [-0.15, -0.1) is 0 Å². The number of piperidine rings is 1. The molecule has 0 atom stereocenters. The van der Waals surface area contributed by atoms with Crippen molar-refractivity contribution in [3.05, 3.63) is 54.0 Å². The lowest BCUT2D eigenvalue weighted by molar-refractivity contribution is 0.0718. The Bertz CT molecular complexity index is 606. The van der Waals surface area contributed by atoms with Crippen molar-refractivity contribution in [2.24, 2.45) is 0 Å². The third-order valence-corrected chi connectivity index (χ3v) is 3.83. The molecule has 0 radical (unpaired) electrons. The summed E-state index contributed by atoms with van der Waals surface area (Å²) >= 11 is 0. The molecule has 1 amide bonds. The lowest BCUT2D eigenvalue weighted by Crippen LogP contribution is -2.36. The van der Waals surface area contributed by atoms with Crippen LogP contribution in [0.4, 0.5) is 5.82 Å². The van der Waals surface area contributed by atoms with E-state index in [-0.39, 0.29) is 5.91 Å². The molecule has 2 aromatic rings. The highest BCUT2D eigenvalue weighted by molar-refractivity contribution is 5.92. The van der Waals surface area contributed by atoms with Crippen molar-refractivity contribution >= 4 is 11.7 Å². The average molecular weight is 296 g/mol. The van der Waals surface area contributed by atoms with Crippen LogP contribution in [0.3, 0.4) is 0 Å². The fraction of sp³-hybridized carbons (Fsp3) is 0.353. The Kier molecular flexibility index (Phi) is 4.63. The molecule has 0 spiro atoms. The van der Waals surface area contributed by atoms with E-state index in [1.807, 2.05) is 23.1 Å². The van der Waals surface area contributed by atoms with Gasteiger partial charge in [-0.25, -0.2) is 9.97 Å². The molecule has 1 N–H and O–H groups in total. The fourth-order valence-electron chi connectivity index (χ4n) is 2.58. The second-order valence-electron chi connectivity index (χ2n) is 5.48. The number of rotatable bonds is 4. The molecule has 5 nitrogen and oxygen atoms in total. The van der Waals surface area contributed by atoms with Crippen LogP contribution in [0.15, 0.2) is 42.7 Å². The van der Waals surface area contributed by atoms with E-state index in [0.29, 0.717) is 18.1 Å². The number of nitrogens with one attached hydrogen (secondary N) is 1. The zero-order valence-corrected chi connectivity index (χ0v) is 12.5. The second kappa shape index (κ2) is 7.02. The van der Waals surface area contributed by atoms with Gasteiger partial charge in [0.25, 0.3) is 5.91 Å². The topological polar surface area (TPSA) is 58.1 Å².